The molecule has 1 aromatic carbocycles. The molecule has 0 amide bonds. The van der Waals surface area contributed by atoms with E-state index in [2.05, 4.69) is 20.9 Å². The van der Waals surface area contributed by atoms with Crippen LogP contribution in [-0.2, 0) is 0 Å². The molecule has 2 aromatic rings. The topological polar surface area (TPSA) is 89.0 Å². The average molecular weight is 338 g/mol. The summed E-state index contributed by atoms with van der Waals surface area (Å²) in [5, 5.41) is 19.5. The number of hydrogen-bond acceptors (Lipinski definition) is 5. The molecule has 20 heavy (non-hydrogen) atoms. The first-order valence-electron chi connectivity index (χ1n) is 5.18. The van der Waals surface area contributed by atoms with Crippen LogP contribution in [0.1, 0.15) is 5.56 Å². The van der Waals surface area contributed by atoms with Crippen LogP contribution in [-0.4, -0.2) is 9.91 Å². The van der Waals surface area contributed by atoms with E-state index >= 15 is 0 Å². The van der Waals surface area contributed by atoms with Crippen molar-refractivity contribution in [3.63, 3.8) is 0 Å². The maximum Gasteiger partial charge on any atom is 0.289 e. The normalized spacial score (nSPS) is 9.85. The van der Waals surface area contributed by atoms with E-state index in [1.54, 1.807) is 6.07 Å². The fourth-order valence-electron chi connectivity index (χ4n) is 1.35. The molecule has 0 aliphatic rings. The summed E-state index contributed by atoms with van der Waals surface area (Å²) in [7, 11) is 0. The highest BCUT2D eigenvalue weighted by Crippen LogP contribution is 2.28. The number of nitro groups is 1. The fraction of sp³-hybridized carbons (Fsp3) is 0. The lowest BCUT2D eigenvalue weighted by atomic mass is 10.2. The zero-order valence-corrected chi connectivity index (χ0v) is 11.3. The third-order valence-electron chi connectivity index (χ3n) is 2.27. The molecule has 0 saturated carbocycles. The second kappa shape index (κ2) is 5.63. The van der Waals surface area contributed by atoms with Crippen molar-refractivity contribution in [2.75, 3.05) is 0 Å². The minimum absolute atomic E-state index is 0.109. The number of ether oxygens (including phenoxy) is 1. The Morgan fingerprint density at radius 3 is 2.80 bits per heavy atom. The highest BCUT2D eigenvalue weighted by atomic mass is 79.9. The summed E-state index contributed by atoms with van der Waals surface area (Å²) < 4.78 is 18.9. The van der Waals surface area contributed by atoms with E-state index in [1.165, 1.54) is 12.1 Å². The van der Waals surface area contributed by atoms with Crippen LogP contribution in [0, 0.1) is 27.3 Å². The zero-order valence-electron chi connectivity index (χ0n) is 9.71. The summed E-state index contributed by atoms with van der Waals surface area (Å²) in [6.07, 6.45) is 0.964. The van der Waals surface area contributed by atoms with Gasteiger partial charge in [-0.2, -0.15) is 5.26 Å². The lowest BCUT2D eigenvalue weighted by molar-refractivity contribution is -0.385. The molecule has 0 atom stereocenters. The summed E-state index contributed by atoms with van der Waals surface area (Å²) in [6, 6.07) is 6.79. The van der Waals surface area contributed by atoms with Crippen LogP contribution in [0.15, 0.2) is 34.9 Å². The van der Waals surface area contributed by atoms with E-state index < -0.39 is 10.7 Å². The molecule has 0 spiro atoms. The lowest BCUT2D eigenvalue weighted by Crippen LogP contribution is -1.96. The molecule has 6 nitrogen and oxygen atoms in total. The monoisotopic (exact) mass is 337 g/mol. The third-order valence-corrected chi connectivity index (χ3v) is 2.92. The highest BCUT2D eigenvalue weighted by molar-refractivity contribution is 9.10. The molecule has 0 saturated heterocycles. The molecular formula is C12H5BrFN3O3. The molecule has 0 fully saturated rings. The predicted molar refractivity (Wildman–Crippen MR) is 69.8 cm³/mol. The van der Waals surface area contributed by atoms with E-state index in [0.717, 1.165) is 18.3 Å². The molecule has 1 heterocycles. The molecule has 100 valence electrons. The molecule has 0 aliphatic carbocycles. The van der Waals surface area contributed by atoms with E-state index in [9.17, 15) is 14.5 Å². The Bertz CT molecular complexity index is 730. The van der Waals surface area contributed by atoms with Crippen molar-refractivity contribution in [1.29, 1.82) is 5.26 Å². The smallest absolute Gasteiger partial charge is 0.289 e. The van der Waals surface area contributed by atoms with Crippen molar-refractivity contribution >= 4 is 21.6 Å². The van der Waals surface area contributed by atoms with Crippen LogP contribution >= 0.6 is 15.9 Å². The SMILES string of the molecule is N#Cc1cc([N+](=O)[O-])cnc1Oc1ccc(Br)c(F)c1. The van der Waals surface area contributed by atoms with Crippen molar-refractivity contribution in [2.45, 2.75) is 0 Å². The maximum absolute atomic E-state index is 13.3. The number of nitriles is 1. The average Bonchev–Trinajstić information content (AvgIpc) is 2.43. The van der Waals surface area contributed by atoms with Gasteiger partial charge in [0.1, 0.15) is 29.4 Å². The summed E-state index contributed by atoms with van der Waals surface area (Å²) >= 11 is 2.99. The van der Waals surface area contributed by atoms with E-state index in [-0.39, 0.29) is 27.4 Å². The molecule has 0 radical (unpaired) electrons. The number of hydrogen-bond donors (Lipinski definition) is 0. The molecule has 0 unspecified atom stereocenters. The van der Waals surface area contributed by atoms with Crippen molar-refractivity contribution in [3.8, 4) is 17.7 Å². The summed E-state index contributed by atoms with van der Waals surface area (Å²) in [5.74, 6) is -0.536. The first-order valence-corrected chi connectivity index (χ1v) is 5.98. The van der Waals surface area contributed by atoms with Gasteiger partial charge in [-0.05, 0) is 28.1 Å². The van der Waals surface area contributed by atoms with Gasteiger partial charge in [0, 0.05) is 12.1 Å². The second-order valence-electron chi connectivity index (χ2n) is 3.59. The number of pyridine rings is 1. The van der Waals surface area contributed by atoms with Crippen LogP contribution in [0.3, 0.4) is 0 Å². The number of rotatable bonds is 3. The highest BCUT2D eigenvalue weighted by Gasteiger charge is 2.14. The molecule has 8 heteroatoms. The third kappa shape index (κ3) is 2.89. The van der Waals surface area contributed by atoms with Crippen LogP contribution in [0.2, 0.25) is 0 Å². The first kappa shape index (κ1) is 13.9. The van der Waals surface area contributed by atoms with Gasteiger partial charge >= 0.3 is 0 Å². The van der Waals surface area contributed by atoms with Gasteiger partial charge in [-0.15, -0.1) is 0 Å². The molecule has 0 aliphatic heterocycles. The van der Waals surface area contributed by atoms with Gasteiger partial charge in [0.15, 0.2) is 0 Å². The quantitative estimate of drug-likeness (QED) is 0.631. The molecule has 2 rings (SSSR count). The van der Waals surface area contributed by atoms with Gasteiger partial charge in [-0.1, -0.05) is 0 Å². The lowest BCUT2D eigenvalue weighted by Gasteiger charge is -2.06. The summed E-state index contributed by atoms with van der Waals surface area (Å²) in [6.45, 7) is 0. The van der Waals surface area contributed by atoms with Crippen molar-refractivity contribution in [1.82, 2.24) is 4.98 Å². The van der Waals surface area contributed by atoms with Gasteiger partial charge in [-0.3, -0.25) is 10.1 Å². The van der Waals surface area contributed by atoms with Crippen LogP contribution in [0.4, 0.5) is 10.1 Å². The molecule has 1 aromatic heterocycles. The van der Waals surface area contributed by atoms with Crippen molar-refractivity contribution in [3.05, 3.63) is 56.4 Å². The van der Waals surface area contributed by atoms with Gasteiger partial charge < -0.3 is 4.74 Å². The van der Waals surface area contributed by atoms with Crippen LogP contribution in [0.25, 0.3) is 0 Å². The fourth-order valence-corrected chi connectivity index (χ4v) is 1.60. The van der Waals surface area contributed by atoms with Crippen LogP contribution < -0.4 is 4.74 Å². The largest absolute Gasteiger partial charge is 0.438 e. The number of nitrogens with zero attached hydrogens (tertiary/aromatic N) is 3. The van der Waals surface area contributed by atoms with E-state index in [0.29, 0.717) is 0 Å². The summed E-state index contributed by atoms with van der Waals surface area (Å²) in [5.41, 5.74) is -0.432. The Kier molecular flexibility index (Phi) is 3.91. The Balaban J connectivity index is 2.36. The van der Waals surface area contributed by atoms with Gasteiger partial charge in [-0.25, -0.2) is 9.37 Å². The van der Waals surface area contributed by atoms with Gasteiger partial charge in [0.2, 0.25) is 5.88 Å². The number of aromatic nitrogens is 1. The van der Waals surface area contributed by atoms with Gasteiger partial charge in [0.25, 0.3) is 5.69 Å². The summed E-state index contributed by atoms with van der Waals surface area (Å²) in [4.78, 5) is 13.6. The van der Waals surface area contributed by atoms with Crippen LogP contribution in [0.5, 0.6) is 11.6 Å². The first-order chi connectivity index (χ1) is 9.51. The zero-order chi connectivity index (χ0) is 14.7. The second-order valence-corrected chi connectivity index (χ2v) is 4.45. The maximum atomic E-state index is 13.3. The standard InChI is InChI=1S/C12H5BrFN3O3/c13-10-2-1-9(4-11(10)14)20-12-7(5-15)3-8(6-16-12)17(18)19/h1-4,6H. The minimum atomic E-state index is -0.670. The molecule has 0 bridgehead atoms. The Labute approximate surface area is 120 Å². The Morgan fingerprint density at radius 2 is 2.20 bits per heavy atom. The number of halogens is 2. The van der Waals surface area contributed by atoms with Gasteiger partial charge in [0.05, 0.1) is 9.40 Å². The molecule has 0 N–H and O–H groups in total. The van der Waals surface area contributed by atoms with Crippen molar-refractivity contribution in [2.24, 2.45) is 0 Å². The minimum Gasteiger partial charge on any atom is -0.438 e. The predicted octanol–water partition coefficient (Wildman–Crippen LogP) is 3.56. The molecular weight excluding hydrogens is 333 g/mol. The Morgan fingerprint density at radius 1 is 1.45 bits per heavy atom. The van der Waals surface area contributed by atoms with Crippen molar-refractivity contribution < 1.29 is 14.1 Å². The number of benzene rings is 1. The van der Waals surface area contributed by atoms with E-state index in [1.807, 2.05) is 0 Å². The van der Waals surface area contributed by atoms with E-state index in [4.69, 9.17) is 10.00 Å². The Hall–Kier alpha value is -2.53.